The number of rotatable bonds is 1. The van der Waals surface area contributed by atoms with Crippen molar-refractivity contribution < 1.29 is 9.90 Å². The summed E-state index contributed by atoms with van der Waals surface area (Å²) in [5, 5.41) is 9.40. The van der Waals surface area contributed by atoms with Crippen molar-refractivity contribution in [1.82, 2.24) is 9.55 Å². The molecule has 0 spiro atoms. The fourth-order valence-corrected chi connectivity index (χ4v) is 1.74. The number of carbonyl (C=O) groups is 1. The molecule has 0 atom stereocenters. The summed E-state index contributed by atoms with van der Waals surface area (Å²) in [6, 6.07) is 3.13. The average Bonchev–Trinajstić information content (AvgIpc) is 2.43. The van der Waals surface area contributed by atoms with Crippen molar-refractivity contribution in [3.8, 4) is 0 Å². The Morgan fingerprint density at radius 2 is 2.20 bits per heavy atom. The molecule has 0 radical (unpaired) electrons. The first kappa shape index (κ1) is 9.98. The van der Waals surface area contributed by atoms with Crippen LogP contribution >= 0.6 is 11.6 Å². The fraction of sp³-hybridized carbons (Fsp3) is 0.200. The van der Waals surface area contributed by atoms with Crippen LogP contribution in [-0.2, 0) is 7.05 Å². The van der Waals surface area contributed by atoms with Gasteiger partial charge in [-0.3, -0.25) is 0 Å². The molecule has 2 rings (SSSR count). The number of hydrogen-bond donors (Lipinski definition) is 1. The molecule has 5 heteroatoms. The van der Waals surface area contributed by atoms with Crippen molar-refractivity contribution in [2.45, 2.75) is 6.92 Å². The molecule has 0 amide bonds. The van der Waals surface area contributed by atoms with Crippen molar-refractivity contribution in [2.75, 3.05) is 0 Å². The van der Waals surface area contributed by atoms with E-state index in [1.807, 2.05) is 18.5 Å². The van der Waals surface area contributed by atoms with Crippen LogP contribution in [0.5, 0.6) is 0 Å². The summed E-state index contributed by atoms with van der Waals surface area (Å²) in [5.41, 5.74) is 1.35. The lowest BCUT2D eigenvalue weighted by Crippen LogP contribution is -1.98. The summed E-state index contributed by atoms with van der Waals surface area (Å²) in [6.45, 7) is 1.82. The highest BCUT2D eigenvalue weighted by atomic mass is 35.5. The zero-order chi connectivity index (χ0) is 11.2. The van der Waals surface area contributed by atoms with Crippen LogP contribution in [0, 0.1) is 6.92 Å². The SMILES string of the molecule is Cc1nc2c(C(=O)O)cc(Cl)cc2n1C. The first-order valence-corrected chi connectivity index (χ1v) is 4.74. The van der Waals surface area contributed by atoms with Crippen molar-refractivity contribution >= 4 is 28.6 Å². The van der Waals surface area contributed by atoms with Crippen LogP contribution in [0.3, 0.4) is 0 Å². The molecular weight excluding hydrogens is 216 g/mol. The molecule has 1 heterocycles. The number of fused-ring (bicyclic) bond motifs is 1. The van der Waals surface area contributed by atoms with Crippen molar-refractivity contribution in [3.05, 3.63) is 28.5 Å². The summed E-state index contributed by atoms with van der Waals surface area (Å²) in [7, 11) is 1.83. The molecule has 0 aliphatic carbocycles. The maximum absolute atomic E-state index is 11.0. The Balaban J connectivity index is 2.92. The lowest BCUT2D eigenvalue weighted by Gasteiger charge is -1.99. The van der Waals surface area contributed by atoms with Crippen LogP contribution in [0.2, 0.25) is 5.02 Å². The van der Waals surface area contributed by atoms with Crippen molar-refractivity contribution in [1.29, 1.82) is 0 Å². The Hall–Kier alpha value is -1.55. The molecule has 4 nitrogen and oxygen atoms in total. The normalized spacial score (nSPS) is 10.9. The summed E-state index contributed by atoms with van der Waals surface area (Å²) >= 11 is 5.84. The van der Waals surface area contributed by atoms with Gasteiger partial charge in [-0.1, -0.05) is 11.6 Å². The molecule has 0 aliphatic heterocycles. The number of imidazole rings is 1. The van der Waals surface area contributed by atoms with E-state index >= 15 is 0 Å². The van der Waals surface area contributed by atoms with E-state index < -0.39 is 5.97 Å². The first-order chi connectivity index (χ1) is 7.00. The van der Waals surface area contributed by atoms with Crippen LogP contribution in [0.1, 0.15) is 16.2 Å². The molecule has 1 aromatic heterocycles. The van der Waals surface area contributed by atoms with Gasteiger partial charge in [-0.15, -0.1) is 0 Å². The van der Waals surface area contributed by atoms with E-state index in [4.69, 9.17) is 16.7 Å². The van der Waals surface area contributed by atoms with Crippen LogP contribution in [0.15, 0.2) is 12.1 Å². The van der Waals surface area contributed by atoms with E-state index in [2.05, 4.69) is 4.98 Å². The monoisotopic (exact) mass is 224 g/mol. The topological polar surface area (TPSA) is 55.1 Å². The molecule has 0 aliphatic rings. The quantitative estimate of drug-likeness (QED) is 0.808. The van der Waals surface area contributed by atoms with E-state index in [9.17, 15) is 4.79 Å². The molecule has 1 aromatic carbocycles. The number of carboxylic acids is 1. The number of aromatic carboxylic acids is 1. The maximum atomic E-state index is 11.0. The molecule has 0 fully saturated rings. The second-order valence-corrected chi connectivity index (χ2v) is 3.78. The molecule has 78 valence electrons. The van der Waals surface area contributed by atoms with E-state index in [1.165, 1.54) is 6.07 Å². The molecule has 0 saturated heterocycles. The summed E-state index contributed by atoms with van der Waals surface area (Å²) in [6.07, 6.45) is 0. The van der Waals surface area contributed by atoms with E-state index in [1.54, 1.807) is 6.07 Å². The number of aryl methyl sites for hydroxylation is 2. The predicted octanol–water partition coefficient (Wildman–Crippen LogP) is 2.23. The Morgan fingerprint density at radius 3 is 2.80 bits per heavy atom. The van der Waals surface area contributed by atoms with Gasteiger partial charge in [0.15, 0.2) is 0 Å². The number of nitrogens with zero attached hydrogens (tertiary/aromatic N) is 2. The molecule has 0 bridgehead atoms. The average molecular weight is 225 g/mol. The van der Waals surface area contributed by atoms with Gasteiger partial charge in [0.1, 0.15) is 11.3 Å². The number of carboxylic acid groups (broad SMARTS) is 1. The third kappa shape index (κ3) is 1.47. The van der Waals surface area contributed by atoms with Crippen molar-refractivity contribution in [3.63, 3.8) is 0 Å². The van der Waals surface area contributed by atoms with Gasteiger partial charge in [-0.05, 0) is 19.1 Å². The lowest BCUT2D eigenvalue weighted by atomic mass is 10.2. The van der Waals surface area contributed by atoms with Gasteiger partial charge in [0, 0.05) is 12.1 Å². The number of hydrogen-bond acceptors (Lipinski definition) is 2. The summed E-state index contributed by atoms with van der Waals surface area (Å²) < 4.78 is 1.81. The maximum Gasteiger partial charge on any atom is 0.338 e. The minimum atomic E-state index is -1.01. The number of benzene rings is 1. The van der Waals surface area contributed by atoms with Crippen LogP contribution in [0.25, 0.3) is 11.0 Å². The predicted molar refractivity (Wildman–Crippen MR) is 57.4 cm³/mol. The van der Waals surface area contributed by atoms with Gasteiger partial charge in [0.2, 0.25) is 0 Å². The highest BCUT2D eigenvalue weighted by Crippen LogP contribution is 2.24. The third-order valence-electron chi connectivity index (χ3n) is 2.41. The van der Waals surface area contributed by atoms with Gasteiger partial charge < -0.3 is 9.67 Å². The fourth-order valence-electron chi connectivity index (χ4n) is 1.53. The van der Waals surface area contributed by atoms with Crippen molar-refractivity contribution in [2.24, 2.45) is 7.05 Å². The Labute approximate surface area is 91.1 Å². The Bertz CT molecular complexity index is 560. The van der Waals surface area contributed by atoms with Gasteiger partial charge in [0.05, 0.1) is 11.1 Å². The largest absolute Gasteiger partial charge is 0.478 e. The Morgan fingerprint density at radius 1 is 1.53 bits per heavy atom. The smallest absolute Gasteiger partial charge is 0.338 e. The molecule has 1 N–H and O–H groups in total. The summed E-state index contributed by atoms with van der Waals surface area (Å²) in [5.74, 6) is -0.254. The third-order valence-corrected chi connectivity index (χ3v) is 2.62. The summed E-state index contributed by atoms with van der Waals surface area (Å²) in [4.78, 5) is 15.2. The van der Waals surface area contributed by atoms with E-state index in [0.717, 1.165) is 11.3 Å². The molecule has 0 saturated carbocycles. The van der Waals surface area contributed by atoms with E-state index in [0.29, 0.717) is 10.5 Å². The minimum Gasteiger partial charge on any atom is -0.478 e. The molecule has 0 unspecified atom stereocenters. The van der Waals surface area contributed by atoms with Gasteiger partial charge in [0.25, 0.3) is 0 Å². The number of halogens is 1. The van der Waals surface area contributed by atoms with Gasteiger partial charge in [-0.2, -0.15) is 0 Å². The first-order valence-electron chi connectivity index (χ1n) is 4.36. The minimum absolute atomic E-state index is 0.140. The lowest BCUT2D eigenvalue weighted by molar-refractivity contribution is 0.0699. The molecular formula is C10H9ClN2O2. The highest BCUT2D eigenvalue weighted by Gasteiger charge is 2.14. The van der Waals surface area contributed by atoms with Crippen LogP contribution in [-0.4, -0.2) is 20.6 Å². The van der Waals surface area contributed by atoms with Gasteiger partial charge in [-0.25, -0.2) is 9.78 Å². The number of aromatic nitrogens is 2. The zero-order valence-electron chi connectivity index (χ0n) is 8.28. The van der Waals surface area contributed by atoms with Gasteiger partial charge >= 0.3 is 5.97 Å². The zero-order valence-corrected chi connectivity index (χ0v) is 9.04. The highest BCUT2D eigenvalue weighted by molar-refractivity contribution is 6.31. The standard InChI is InChI=1S/C10H9ClN2O2/c1-5-12-9-7(10(14)15)3-6(11)4-8(9)13(5)2/h3-4H,1-2H3,(H,14,15). The molecule has 2 aromatic rings. The van der Waals surface area contributed by atoms with E-state index in [-0.39, 0.29) is 5.56 Å². The molecule has 15 heavy (non-hydrogen) atoms. The van der Waals surface area contributed by atoms with Crippen LogP contribution in [0.4, 0.5) is 0 Å². The second-order valence-electron chi connectivity index (χ2n) is 3.34. The van der Waals surface area contributed by atoms with Crippen LogP contribution < -0.4 is 0 Å². The second kappa shape index (κ2) is 3.24. The Kier molecular flexibility index (Phi) is 2.16.